The Bertz CT molecular complexity index is 545. The Balaban J connectivity index is 1.78. The molecule has 0 radical (unpaired) electrons. The second-order valence-corrected chi connectivity index (χ2v) is 5.37. The molecule has 0 saturated carbocycles. The highest BCUT2D eigenvalue weighted by Gasteiger charge is 2.22. The first kappa shape index (κ1) is 16.1. The number of hydrogen-bond acceptors (Lipinski definition) is 4. The molecular formula is C16H22N2O4. The SMILES string of the molecule is COc1cccc2c1OC[C@H](CNC(=O)CCNC(C)=O)C2. The summed E-state index contributed by atoms with van der Waals surface area (Å²) in [6.07, 6.45) is 1.13. The minimum atomic E-state index is -0.126. The van der Waals surface area contributed by atoms with Gasteiger partial charge in [-0.3, -0.25) is 9.59 Å². The van der Waals surface area contributed by atoms with Crippen molar-refractivity contribution in [3.05, 3.63) is 23.8 Å². The highest BCUT2D eigenvalue weighted by atomic mass is 16.5. The fourth-order valence-corrected chi connectivity index (χ4v) is 2.45. The number of amides is 2. The Labute approximate surface area is 130 Å². The highest BCUT2D eigenvalue weighted by molar-refractivity contribution is 5.77. The van der Waals surface area contributed by atoms with Gasteiger partial charge in [-0.25, -0.2) is 0 Å². The minimum absolute atomic E-state index is 0.0646. The Morgan fingerprint density at radius 1 is 1.36 bits per heavy atom. The first-order valence-corrected chi connectivity index (χ1v) is 7.40. The van der Waals surface area contributed by atoms with Crippen molar-refractivity contribution in [2.45, 2.75) is 19.8 Å². The van der Waals surface area contributed by atoms with Gasteiger partial charge < -0.3 is 20.1 Å². The molecule has 1 aromatic rings. The average Bonchev–Trinajstić information content (AvgIpc) is 2.51. The molecule has 2 amide bonds. The van der Waals surface area contributed by atoms with Gasteiger partial charge >= 0.3 is 0 Å². The van der Waals surface area contributed by atoms with Crippen LogP contribution in [0.5, 0.6) is 11.5 Å². The van der Waals surface area contributed by atoms with Crippen molar-refractivity contribution >= 4 is 11.8 Å². The maximum absolute atomic E-state index is 11.7. The lowest BCUT2D eigenvalue weighted by Crippen LogP contribution is -2.36. The second kappa shape index (κ2) is 7.68. The summed E-state index contributed by atoms with van der Waals surface area (Å²) in [4.78, 5) is 22.4. The molecule has 6 heteroatoms. The van der Waals surface area contributed by atoms with Crippen LogP contribution >= 0.6 is 0 Å². The normalized spacial score (nSPS) is 16.2. The quantitative estimate of drug-likeness (QED) is 0.818. The fourth-order valence-electron chi connectivity index (χ4n) is 2.45. The molecule has 1 aromatic carbocycles. The van der Waals surface area contributed by atoms with Crippen molar-refractivity contribution < 1.29 is 19.1 Å². The summed E-state index contributed by atoms with van der Waals surface area (Å²) in [7, 11) is 1.63. The Kier molecular flexibility index (Phi) is 5.63. The monoisotopic (exact) mass is 306 g/mol. The maximum Gasteiger partial charge on any atom is 0.221 e. The number of nitrogens with one attached hydrogen (secondary N) is 2. The molecule has 2 rings (SSSR count). The first-order chi connectivity index (χ1) is 10.6. The number of rotatable bonds is 6. The van der Waals surface area contributed by atoms with Gasteiger partial charge in [0.1, 0.15) is 0 Å². The van der Waals surface area contributed by atoms with Gasteiger partial charge in [-0.1, -0.05) is 12.1 Å². The van der Waals surface area contributed by atoms with Crippen LogP contribution in [0.1, 0.15) is 18.9 Å². The van der Waals surface area contributed by atoms with E-state index in [4.69, 9.17) is 9.47 Å². The largest absolute Gasteiger partial charge is 0.493 e. The summed E-state index contributed by atoms with van der Waals surface area (Å²) in [6.45, 7) is 2.92. The summed E-state index contributed by atoms with van der Waals surface area (Å²) in [5, 5.41) is 5.49. The van der Waals surface area contributed by atoms with Crippen LogP contribution in [0.15, 0.2) is 18.2 Å². The second-order valence-electron chi connectivity index (χ2n) is 5.37. The van der Waals surface area contributed by atoms with Crippen LogP contribution in [-0.2, 0) is 16.0 Å². The summed E-state index contributed by atoms with van der Waals surface area (Å²) < 4.78 is 11.1. The van der Waals surface area contributed by atoms with Crippen LogP contribution in [0.4, 0.5) is 0 Å². The summed E-state index contributed by atoms with van der Waals surface area (Å²) >= 11 is 0. The van der Waals surface area contributed by atoms with Crippen molar-refractivity contribution in [2.24, 2.45) is 5.92 Å². The number of benzene rings is 1. The van der Waals surface area contributed by atoms with E-state index >= 15 is 0 Å². The van der Waals surface area contributed by atoms with Gasteiger partial charge in [0.05, 0.1) is 13.7 Å². The van der Waals surface area contributed by atoms with Gasteiger partial charge in [0.15, 0.2) is 11.5 Å². The zero-order valence-electron chi connectivity index (χ0n) is 13.0. The third kappa shape index (κ3) is 4.38. The van der Waals surface area contributed by atoms with E-state index in [9.17, 15) is 9.59 Å². The van der Waals surface area contributed by atoms with Gasteiger partial charge in [-0.2, -0.15) is 0 Å². The van der Waals surface area contributed by atoms with Crippen LogP contribution < -0.4 is 20.1 Å². The predicted octanol–water partition coefficient (Wildman–Crippen LogP) is 0.889. The minimum Gasteiger partial charge on any atom is -0.493 e. The molecule has 1 heterocycles. The molecular weight excluding hydrogens is 284 g/mol. The number of methoxy groups -OCH3 is 1. The number of ether oxygens (including phenoxy) is 2. The van der Waals surface area contributed by atoms with Crippen LogP contribution in [0.3, 0.4) is 0 Å². The molecule has 0 saturated heterocycles. The van der Waals surface area contributed by atoms with Gasteiger partial charge in [0, 0.05) is 32.4 Å². The van der Waals surface area contributed by atoms with E-state index < -0.39 is 0 Å². The number of carbonyl (C=O) groups excluding carboxylic acids is 2. The lowest BCUT2D eigenvalue weighted by Gasteiger charge is -2.26. The van der Waals surface area contributed by atoms with E-state index in [2.05, 4.69) is 10.6 Å². The molecule has 0 spiro atoms. The fraction of sp³-hybridized carbons (Fsp3) is 0.500. The number of para-hydroxylation sites is 1. The summed E-state index contributed by atoms with van der Waals surface area (Å²) in [6, 6.07) is 5.83. The van der Waals surface area contributed by atoms with Crippen LogP contribution in [0.2, 0.25) is 0 Å². The Morgan fingerprint density at radius 2 is 2.18 bits per heavy atom. The van der Waals surface area contributed by atoms with Crippen LogP contribution in [0.25, 0.3) is 0 Å². The molecule has 1 atom stereocenters. The van der Waals surface area contributed by atoms with Gasteiger partial charge in [-0.05, 0) is 18.1 Å². The molecule has 6 nitrogen and oxygen atoms in total. The Morgan fingerprint density at radius 3 is 2.91 bits per heavy atom. The zero-order valence-corrected chi connectivity index (χ0v) is 13.0. The van der Waals surface area contributed by atoms with Crippen LogP contribution in [0, 0.1) is 5.92 Å². The molecule has 0 unspecified atom stereocenters. The molecule has 0 fully saturated rings. The zero-order chi connectivity index (χ0) is 15.9. The van der Waals surface area contributed by atoms with E-state index in [1.165, 1.54) is 6.92 Å². The molecule has 22 heavy (non-hydrogen) atoms. The lowest BCUT2D eigenvalue weighted by molar-refractivity contribution is -0.121. The molecule has 2 N–H and O–H groups in total. The van der Waals surface area contributed by atoms with Gasteiger partial charge in [0.2, 0.25) is 11.8 Å². The third-order valence-corrected chi connectivity index (χ3v) is 3.57. The molecule has 120 valence electrons. The van der Waals surface area contributed by atoms with E-state index in [0.29, 0.717) is 19.7 Å². The third-order valence-electron chi connectivity index (χ3n) is 3.57. The lowest BCUT2D eigenvalue weighted by atomic mass is 9.96. The topological polar surface area (TPSA) is 76.7 Å². The van der Waals surface area contributed by atoms with Crippen LogP contribution in [-0.4, -0.2) is 38.6 Å². The van der Waals surface area contributed by atoms with Crippen molar-refractivity contribution in [1.29, 1.82) is 0 Å². The molecule has 1 aliphatic rings. The molecule has 1 aliphatic heterocycles. The van der Waals surface area contributed by atoms with Crippen molar-refractivity contribution in [3.63, 3.8) is 0 Å². The standard InChI is InChI=1S/C16H22N2O4/c1-11(19)17-7-6-15(20)18-9-12-8-13-4-3-5-14(21-2)16(13)22-10-12/h3-5,12H,6-10H2,1-2H3,(H,17,19)(H,18,20)/t12-/m0/s1. The summed E-state index contributed by atoms with van der Waals surface area (Å²) in [5.41, 5.74) is 1.10. The maximum atomic E-state index is 11.7. The van der Waals surface area contributed by atoms with E-state index in [1.54, 1.807) is 7.11 Å². The average molecular weight is 306 g/mol. The van der Waals surface area contributed by atoms with E-state index in [1.807, 2.05) is 18.2 Å². The molecule has 0 aromatic heterocycles. The first-order valence-electron chi connectivity index (χ1n) is 7.40. The highest BCUT2D eigenvalue weighted by Crippen LogP contribution is 2.35. The van der Waals surface area contributed by atoms with Crippen molar-refractivity contribution in [1.82, 2.24) is 10.6 Å². The Hall–Kier alpha value is -2.24. The smallest absolute Gasteiger partial charge is 0.221 e. The predicted molar refractivity (Wildman–Crippen MR) is 82.0 cm³/mol. The summed E-state index contributed by atoms with van der Waals surface area (Å²) in [5.74, 6) is 1.60. The number of fused-ring (bicyclic) bond motifs is 1. The number of carbonyl (C=O) groups is 2. The van der Waals surface area contributed by atoms with Crippen molar-refractivity contribution in [3.8, 4) is 11.5 Å². The van der Waals surface area contributed by atoms with E-state index in [-0.39, 0.29) is 24.2 Å². The van der Waals surface area contributed by atoms with Gasteiger partial charge in [-0.15, -0.1) is 0 Å². The van der Waals surface area contributed by atoms with Crippen molar-refractivity contribution in [2.75, 3.05) is 26.8 Å². The van der Waals surface area contributed by atoms with E-state index in [0.717, 1.165) is 23.5 Å². The molecule has 0 aliphatic carbocycles. The molecule has 0 bridgehead atoms. The van der Waals surface area contributed by atoms with Gasteiger partial charge in [0.25, 0.3) is 0 Å². The number of hydrogen-bond donors (Lipinski definition) is 2.